The zero-order valence-electron chi connectivity index (χ0n) is 7.17. The monoisotopic (exact) mass is 182 g/mol. The summed E-state index contributed by atoms with van der Waals surface area (Å²) in [5.41, 5.74) is 0.934. The van der Waals surface area contributed by atoms with Gasteiger partial charge in [-0.25, -0.2) is 0 Å². The summed E-state index contributed by atoms with van der Waals surface area (Å²) in [5, 5.41) is 0.715. The zero-order valence-corrected chi connectivity index (χ0v) is 7.93. The fraction of sp³-hybridized carbons (Fsp3) is 0.200. The third-order valence-corrected chi connectivity index (χ3v) is 2.04. The van der Waals surface area contributed by atoms with Crippen molar-refractivity contribution in [3.63, 3.8) is 0 Å². The van der Waals surface area contributed by atoms with Gasteiger partial charge in [0.15, 0.2) is 0 Å². The smallest absolute Gasteiger partial charge is 0.127 e. The third kappa shape index (κ3) is 1.80. The maximum absolute atomic E-state index is 5.96. The van der Waals surface area contributed by atoms with E-state index < -0.39 is 0 Å². The standard InChI is InChI=1S/C10H11ClO/c1-3-9(11)8-6-4-5-7-10(8)12-2/h3-7H,1-2H3/b9-3+. The van der Waals surface area contributed by atoms with Crippen molar-refractivity contribution in [3.05, 3.63) is 35.9 Å². The van der Waals surface area contributed by atoms with Gasteiger partial charge in [0.25, 0.3) is 0 Å². The molecule has 2 heteroatoms. The molecule has 12 heavy (non-hydrogen) atoms. The highest BCUT2D eigenvalue weighted by Gasteiger charge is 2.02. The second kappa shape index (κ2) is 4.17. The predicted octanol–water partition coefficient (Wildman–Crippen LogP) is 3.29. The summed E-state index contributed by atoms with van der Waals surface area (Å²) >= 11 is 5.96. The first-order valence-corrected chi connectivity index (χ1v) is 4.12. The van der Waals surface area contributed by atoms with E-state index in [-0.39, 0.29) is 0 Å². The van der Waals surface area contributed by atoms with Crippen molar-refractivity contribution in [1.29, 1.82) is 0 Å². The van der Waals surface area contributed by atoms with Crippen LogP contribution in [-0.4, -0.2) is 7.11 Å². The summed E-state index contributed by atoms with van der Waals surface area (Å²) in [6, 6.07) is 7.67. The zero-order chi connectivity index (χ0) is 8.97. The number of ether oxygens (including phenoxy) is 1. The number of rotatable bonds is 2. The molecular weight excluding hydrogens is 172 g/mol. The van der Waals surface area contributed by atoms with Crippen LogP contribution in [0.3, 0.4) is 0 Å². The minimum Gasteiger partial charge on any atom is -0.496 e. The lowest BCUT2D eigenvalue weighted by Crippen LogP contribution is -1.87. The fourth-order valence-electron chi connectivity index (χ4n) is 0.997. The first kappa shape index (κ1) is 9.14. The number of allylic oxidation sites excluding steroid dienone is 1. The van der Waals surface area contributed by atoms with Crippen molar-refractivity contribution in [2.75, 3.05) is 7.11 Å². The molecule has 0 aliphatic rings. The van der Waals surface area contributed by atoms with Crippen molar-refractivity contribution in [1.82, 2.24) is 0 Å². The lowest BCUT2D eigenvalue weighted by molar-refractivity contribution is 0.413. The van der Waals surface area contributed by atoms with E-state index in [1.165, 1.54) is 0 Å². The first-order valence-electron chi connectivity index (χ1n) is 3.74. The van der Waals surface area contributed by atoms with E-state index in [0.29, 0.717) is 5.03 Å². The molecule has 0 aromatic heterocycles. The molecule has 0 atom stereocenters. The van der Waals surface area contributed by atoms with Crippen molar-refractivity contribution in [2.24, 2.45) is 0 Å². The second-order valence-electron chi connectivity index (χ2n) is 2.34. The molecule has 0 amide bonds. The molecule has 0 heterocycles. The Hall–Kier alpha value is -0.950. The molecule has 1 nitrogen and oxygen atoms in total. The van der Waals surface area contributed by atoms with Gasteiger partial charge in [-0.2, -0.15) is 0 Å². The lowest BCUT2D eigenvalue weighted by Gasteiger charge is -2.05. The summed E-state index contributed by atoms with van der Waals surface area (Å²) in [4.78, 5) is 0. The Labute approximate surface area is 77.6 Å². The summed E-state index contributed by atoms with van der Waals surface area (Å²) in [7, 11) is 1.64. The van der Waals surface area contributed by atoms with Crippen molar-refractivity contribution in [2.45, 2.75) is 6.92 Å². The molecule has 0 N–H and O–H groups in total. The summed E-state index contributed by atoms with van der Waals surface area (Å²) in [6.07, 6.45) is 1.85. The van der Waals surface area contributed by atoms with Gasteiger partial charge in [0.1, 0.15) is 5.75 Å². The molecular formula is C10H11ClO. The average molecular weight is 183 g/mol. The molecule has 0 spiro atoms. The number of halogens is 1. The minimum absolute atomic E-state index is 0.715. The maximum Gasteiger partial charge on any atom is 0.127 e. The number of benzene rings is 1. The Morgan fingerprint density at radius 3 is 2.67 bits per heavy atom. The van der Waals surface area contributed by atoms with E-state index in [1.54, 1.807) is 7.11 Å². The number of hydrogen-bond donors (Lipinski definition) is 0. The average Bonchev–Trinajstić information content (AvgIpc) is 2.16. The molecule has 64 valence electrons. The van der Waals surface area contributed by atoms with Crippen molar-refractivity contribution < 1.29 is 4.74 Å². The van der Waals surface area contributed by atoms with Gasteiger partial charge in [-0.3, -0.25) is 0 Å². The summed E-state index contributed by atoms with van der Waals surface area (Å²) in [6.45, 7) is 1.90. The first-order chi connectivity index (χ1) is 5.79. The Kier molecular flexibility index (Phi) is 3.18. The maximum atomic E-state index is 5.96. The van der Waals surface area contributed by atoms with Crippen molar-refractivity contribution >= 4 is 16.6 Å². The normalized spacial score (nSPS) is 11.4. The van der Waals surface area contributed by atoms with E-state index in [4.69, 9.17) is 16.3 Å². The molecule has 1 aromatic rings. The molecule has 0 fully saturated rings. The van der Waals surface area contributed by atoms with E-state index >= 15 is 0 Å². The Morgan fingerprint density at radius 1 is 1.42 bits per heavy atom. The highest BCUT2D eigenvalue weighted by atomic mass is 35.5. The number of para-hydroxylation sites is 1. The van der Waals surface area contributed by atoms with Crippen LogP contribution < -0.4 is 4.74 Å². The van der Waals surface area contributed by atoms with Gasteiger partial charge in [-0.1, -0.05) is 29.8 Å². The van der Waals surface area contributed by atoms with Gasteiger partial charge >= 0.3 is 0 Å². The highest BCUT2D eigenvalue weighted by Crippen LogP contribution is 2.27. The van der Waals surface area contributed by atoms with Crippen LogP contribution in [0.1, 0.15) is 12.5 Å². The van der Waals surface area contributed by atoms with Gasteiger partial charge in [0.2, 0.25) is 0 Å². The number of hydrogen-bond acceptors (Lipinski definition) is 1. The van der Waals surface area contributed by atoms with Crippen LogP contribution in [0.5, 0.6) is 5.75 Å². The lowest BCUT2D eigenvalue weighted by atomic mass is 10.2. The topological polar surface area (TPSA) is 9.23 Å². The van der Waals surface area contributed by atoms with Gasteiger partial charge in [-0.15, -0.1) is 0 Å². The van der Waals surface area contributed by atoms with Crippen LogP contribution in [0.25, 0.3) is 5.03 Å². The van der Waals surface area contributed by atoms with E-state index in [2.05, 4.69) is 0 Å². The van der Waals surface area contributed by atoms with Crippen LogP contribution in [-0.2, 0) is 0 Å². The van der Waals surface area contributed by atoms with Crippen LogP contribution >= 0.6 is 11.6 Å². The van der Waals surface area contributed by atoms with Gasteiger partial charge < -0.3 is 4.74 Å². The third-order valence-electron chi connectivity index (χ3n) is 1.62. The Morgan fingerprint density at radius 2 is 2.08 bits per heavy atom. The highest BCUT2D eigenvalue weighted by molar-refractivity contribution is 6.49. The summed E-state index contributed by atoms with van der Waals surface area (Å²) < 4.78 is 5.14. The molecule has 0 saturated carbocycles. The van der Waals surface area contributed by atoms with Crippen LogP contribution in [0, 0.1) is 0 Å². The Bertz CT molecular complexity index is 292. The molecule has 1 rings (SSSR count). The molecule has 0 aliphatic carbocycles. The molecule has 0 saturated heterocycles. The van der Waals surface area contributed by atoms with E-state index in [9.17, 15) is 0 Å². The Balaban J connectivity index is 3.13. The molecule has 0 bridgehead atoms. The molecule has 0 aliphatic heterocycles. The van der Waals surface area contributed by atoms with Crippen LogP contribution in [0.15, 0.2) is 30.3 Å². The molecule has 0 unspecified atom stereocenters. The van der Waals surface area contributed by atoms with Gasteiger partial charge in [0.05, 0.1) is 7.11 Å². The minimum atomic E-state index is 0.715. The van der Waals surface area contributed by atoms with Crippen LogP contribution in [0.4, 0.5) is 0 Å². The number of methoxy groups -OCH3 is 1. The second-order valence-corrected chi connectivity index (χ2v) is 2.74. The van der Waals surface area contributed by atoms with Crippen LogP contribution in [0.2, 0.25) is 0 Å². The van der Waals surface area contributed by atoms with Gasteiger partial charge in [-0.05, 0) is 19.1 Å². The summed E-state index contributed by atoms with van der Waals surface area (Å²) in [5.74, 6) is 0.806. The van der Waals surface area contributed by atoms with Crippen molar-refractivity contribution in [3.8, 4) is 5.75 Å². The quantitative estimate of drug-likeness (QED) is 0.682. The predicted molar refractivity (Wildman–Crippen MR) is 52.5 cm³/mol. The van der Waals surface area contributed by atoms with E-state index in [1.807, 2.05) is 37.3 Å². The molecule has 0 radical (unpaired) electrons. The fourth-order valence-corrected chi connectivity index (χ4v) is 1.15. The largest absolute Gasteiger partial charge is 0.496 e. The van der Waals surface area contributed by atoms with Gasteiger partial charge in [0, 0.05) is 10.6 Å². The van der Waals surface area contributed by atoms with E-state index in [0.717, 1.165) is 11.3 Å². The SMILES string of the molecule is C/C=C(/Cl)c1ccccc1OC. The molecule has 1 aromatic carbocycles.